The Morgan fingerprint density at radius 1 is 0.926 bits per heavy atom. The molecule has 0 saturated carbocycles. The van der Waals surface area contributed by atoms with Gasteiger partial charge in [-0.3, -0.25) is 9.59 Å². The van der Waals surface area contributed by atoms with Crippen LogP contribution in [0.3, 0.4) is 0 Å². The number of carbonyl (C=O) groups excluding carboxylic acids is 2. The molecule has 0 atom stereocenters. The molecule has 1 aromatic rings. The Morgan fingerprint density at radius 3 is 2.11 bits per heavy atom. The molecule has 146 valence electrons. The maximum Gasteiger partial charge on any atom is 0.253 e. The molecule has 0 unspecified atom stereocenters. The Kier molecular flexibility index (Phi) is 5.19. The Labute approximate surface area is 160 Å². The van der Waals surface area contributed by atoms with Crippen LogP contribution < -0.4 is 0 Å². The summed E-state index contributed by atoms with van der Waals surface area (Å²) in [5.41, 5.74) is 1.87. The van der Waals surface area contributed by atoms with Crippen molar-refractivity contribution < 1.29 is 19.1 Å². The largest absolute Gasteiger partial charge is 0.347 e. The Morgan fingerprint density at radius 2 is 1.52 bits per heavy atom. The van der Waals surface area contributed by atoms with Crippen LogP contribution in [-0.4, -0.2) is 66.8 Å². The normalized spacial score (nSPS) is 23.0. The van der Waals surface area contributed by atoms with E-state index in [1.165, 1.54) is 0 Å². The van der Waals surface area contributed by atoms with Gasteiger partial charge in [0.2, 0.25) is 5.91 Å². The first-order chi connectivity index (χ1) is 13.1. The lowest BCUT2D eigenvalue weighted by atomic mass is 9.93. The van der Waals surface area contributed by atoms with Gasteiger partial charge in [-0.25, -0.2) is 0 Å². The molecule has 3 fully saturated rings. The third-order valence-electron chi connectivity index (χ3n) is 6.08. The molecule has 3 aliphatic rings. The van der Waals surface area contributed by atoms with Crippen LogP contribution >= 0.6 is 0 Å². The average molecular weight is 372 g/mol. The summed E-state index contributed by atoms with van der Waals surface area (Å²) in [5, 5.41) is 0. The number of hydrogen-bond donors (Lipinski definition) is 0. The molecule has 1 spiro atoms. The Bertz CT molecular complexity index is 679. The molecule has 0 N–H and O–H groups in total. The highest BCUT2D eigenvalue weighted by molar-refractivity contribution is 5.94. The molecule has 0 aliphatic carbocycles. The Balaban J connectivity index is 1.28. The van der Waals surface area contributed by atoms with Crippen molar-refractivity contribution in [2.45, 2.75) is 38.4 Å². The molecule has 3 heterocycles. The molecule has 1 aromatic carbocycles. The fourth-order valence-corrected chi connectivity index (χ4v) is 4.32. The quantitative estimate of drug-likeness (QED) is 0.799. The molecule has 6 nitrogen and oxygen atoms in total. The summed E-state index contributed by atoms with van der Waals surface area (Å²) < 4.78 is 11.5. The standard InChI is InChI=1S/C21H28N2O4/c1-16-2-4-17(5-3-16)19(24)22-10-6-18(7-11-22)20(25)23-12-8-21(9-13-23)26-14-15-27-21/h2-5,18H,6-15H2,1H3. The summed E-state index contributed by atoms with van der Waals surface area (Å²) in [7, 11) is 0. The number of ether oxygens (including phenoxy) is 2. The number of aryl methyl sites for hydroxylation is 1. The van der Waals surface area contributed by atoms with Gasteiger partial charge in [0, 0.05) is 50.5 Å². The van der Waals surface area contributed by atoms with Gasteiger partial charge in [0.15, 0.2) is 5.79 Å². The maximum absolute atomic E-state index is 12.9. The van der Waals surface area contributed by atoms with E-state index in [9.17, 15) is 9.59 Å². The predicted octanol–water partition coefficient (Wildman–Crippen LogP) is 2.21. The number of piperidine rings is 2. The van der Waals surface area contributed by atoms with E-state index >= 15 is 0 Å². The molecule has 3 saturated heterocycles. The molecular weight excluding hydrogens is 344 g/mol. The SMILES string of the molecule is Cc1ccc(C(=O)N2CCC(C(=O)N3CCC4(CC3)OCCO4)CC2)cc1. The van der Waals surface area contributed by atoms with Gasteiger partial charge in [0.1, 0.15) is 0 Å². The first-order valence-electron chi connectivity index (χ1n) is 9.99. The fraction of sp³-hybridized carbons (Fsp3) is 0.619. The Hall–Kier alpha value is -1.92. The minimum atomic E-state index is -0.444. The van der Waals surface area contributed by atoms with Gasteiger partial charge in [-0.05, 0) is 31.9 Å². The number of benzene rings is 1. The monoisotopic (exact) mass is 372 g/mol. The van der Waals surface area contributed by atoms with E-state index in [2.05, 4.69) is 0 Å². The van der Waals surface area contributed by atoms with Gasteiger partial charge in [-0.1, -0.05) is 17.7 Å². The zero-order valence-corrected chi connectivity index (χ0v) is 16.0. The minimum absolute atomic E-state index is 0.0199. The molecular formula is C21H28N2O4. The molecule has 27 heavy (non-hydrogen) atoms. The van der Waals surface area contributed by atoms with Crippen molar-refractivity contribution in [1.29, 1.82) is 0 Å². The van der Waals surface area contributed by atoms with E-state index in [0.717, 1.165) is 36.8 Å². The molecule has 0 aromatic heterocycles. The van der Waals surface area contributed by atoms with Crippen molar-refractivity contribution in [2.75, 3.05) is 39.4 Å². The van der Waals surface area contributed by atoms with Crippen molar-refractivity contribution in [3.63, 3.8) is 0 Å². The molecule has 0 bridgehead atoms. The van der Waals surface area contributed by atoms with Crippen molar-refractivity contribution in [3.8, 4) is 0 Å². The highest BCUT2D eigenvalue weighted by atomic mass is 16.7. The van der Waals surface area contributed by atoms with Gasteiger partial charge in [0.05, 0.1) is 13.2 Å². The van der Waals surface area contributed by atoms with Gasteiger partial charge in [-0.15, -0.1) is 0 Å². The number of rotatable bonds is 2. The smallest absolute Gasteiger partial charge is 0.253 e. The molecule has 0 radical (unpaired) electrons. The lowest BCUT2D eigenvalue weighted by Gasteiger charge is -2.40. The second-order valence-electron chi connectivity index (χ2n) is 7.87. The lowest BCUT2D eigenvalue weighted by molar-refractivity contribution is -0.188. The van der Waals surface area contributed by atoms with Crippen LogP contribution in [-0.2, 0) is 14.3 Å². The van der Waals surface area contributed by atoms with Crippen LogP contribution in [0.25, 0.3) is 0 Å². The highest BCUT2D eigenvalue weighted by Crippen LogP contribution is 2.32. The number of carbonyl (C=O) groups is 2. The summed E-state index contributed by atoms with van der Waals surface area (Å²) in [6.45, 7) is 6.00. The predicted molar refractivity (Wildman–Crippen MR) is 100 cm³/mol. The van der Waals surface area contributed by atoms with Gasteiger partial charge >= 0.3 is 0 Å². The topological polar surface area (TPSA) is 59.1 Å². The van der Waals surface area contributed by atoms with E-state index < -0.39 is 5.79 Å². The van der Waals surface area contributed by atoms with E-state index in [1.54, 1.807) is 0 Å². The van der Waals surface area contributed by atoms with Crippen LogP contribution in [0, 0.1) is 12.8 Å². The van der Waals surface area contributed by atoms with E-state index in [1.807, 2.05) is 41.0 Å². The van der Waals surface area contributed by atoms with E-state index in [4.69, 9.17) is 9.47 Å². The van der Waals surface area contributed by atoms with Crippen LogP contribution in [0.4, 0.5) is 0 Å². The van der Waals surface area contributed by atoms with E-state index in [-0.39, 0.29) is 17.7 Å². The van der Waals surface area contributed by atoms with Crippen LogP contribution in [0.15, 0.2) is 24.3 Å². The first-order valence-corrected chi connectivity index (χ1v) is 9.99. The first kappa shape index (κ1) is 18.4. The second-order valence-corrected chi connectivity index (χ2v) is 7.87. The zero-order chi connectivity index (χ0) is 18.9. The van der Waals surface area contributed by atoms with Crippen molar-refractivity contribution in [1.82, 2.24) is 9.80 Å². The number of nitrogens with zero attached hydrogens (tertiary/aromatic N) is 2. The zero-order valence-electron chi connectivity index (χ0n) is 16.0. The van der Waals surface area contributed by atoms with E-state index in [0.29, 0.717) is 39.4 Å². The summed E-state index contributed by atoms with van der Waals surface area (Å²) >= 11 is 0. The van der Waals surface area contributed by atoms with Crippen LogP contribution in [0.2, 0.25) is 0 Å². The molecule has 4 rings (SSSR count). The third kappa shape index (κ3) is 3.87. The fourth-order valence-electron chi connectivity index (χ4n) is 4.32. The van der Waals surface area contributed by atoms with Gasteiger partial charge in [0.25, 0.3) is 5.91 Å². The van der Waals surface area contributed by atoms with Crippen molar-refractivity contribution in [3.05, 3.63) is 35.4 Å². The minimum Gasteiger partial charge on any atom is -0.347 e. The summed E-state index contributed by atoms with van der Waals surface area (Å²) in [4.78, 5) is 29.3. The van der Waals surface area contributed by atoms with Gasteiger partial charge < -0.3 is 19.3 Å². The number of amides is 2. The molecule has 3 aliphatic heterocycles. The number of hydrogen-bond acceptors (Lipinski definition) is 4. The average Bonchev–Trinajstić information content (AvgIpc) is 3.16. The summed E-state index contributed by atoms with van der Waals surface area (Å²) in [6.07, 6.45) is 2.99. The third-order valence-corrected chi connectivity index (χ3v) is 6.08. The van der Waals surface area contributed by atoms with Crippen molar-refractivity contribution >= 4 is 11.8 Å². The summed E-state index contributed by atoms with van der Waals surface area (Å²) in [5.74, 6) is -0.131. The second kappa shape index (κ2) is 7.60. The number of likely N-dealkylation sites (tertiary alicyclic amines) is 2. The van der Waals surface area contributed by atoms with Crippen LogP contribution in [0.1, 0.15) is 41.6 Å². The van der Waals surface area contributed by atoms with Crippen molar-refractivity contribution in [2.24, 2.45) is 5.92 Å². The molecule has 6 heteroatoms. The van der Waals surface area contributed by atoms with Gasteiger partial charge in [-0.2, -0.15) is 0 Å². The lowest BCUT2D eigenvalue weighted by Crippen LogP contribution is -2.50. The maximum atomic E-state index is 12.9. The van der Waals surface area contributed by atoms with Crippen LogP contribution in [0.5, 0.6) is 0 Å². The highest BCUT2D eigenvalue weighted by Gasteiger charge is 2.42. The summed E-state index contributed by atoms with van der Waals surface area (Å²) in [6, 6.07) is 7.69. The molecule has 2 amide bonds.